The van der Waals surface area contributed by atoms with Gasteiger partial charge in [-0.3, -0.25) is 20.4 Å². The van der Waals surface area contributed by atoms with E-state index in [0.717, 1.165) is 17.7 Å². The Morgan fingerprint density at radius 3 is 2.17 bits per heavy atom. The average molecular weight is 417 g/mol. The molecule has 2 aromatic carbocycles. The summed E-state index contributed by atoms with van der Waals surface area (Å²) in [6.45, 7) is 4.83. The molecule has 0 spiro atoms. The summed E-state index contributed by atoms with van der Waals surface area (Å²) in [6, 6.07) is 12.2. The third kappa shape index (κ3) is 7.02. The lowest BCUT2D eigenvalue weighted by Gasteiger charge is -2.13. The van der Waals surface area contributed by atoms with Crippen LogP contribution in [0.1, 0.15) is 46.5 Å². The molecule has 0 aliphatic heterocycles. The van der Waals surface area contributed by atoms with Gasteiger partial charge in [-0.05, 0) is 54.5 Å². The lowest BCUT2D eigenvalue weighted by Crippen LogP contribution is -2.41. The Kier molecular flexibility index (Phi) is 8.86. The van der Waals surface area contributed by atoms with Crippen molar-refractivity contribution in [2.24, 2.45) is 5.92 Å². The highest BCUT2D eigenvalue weighted by atomic mass is 32.2. The van der Waals surface area contributed by atoms with Gasteiger partial charge in [0.2, 0.25) is 0 Å². The van der Waals surface area contributed by atoms with Gasteiger partial charge in [0.1, 0.15) is 0 Å². The van der Waals surface area contributed by atoms with Crippen molar-refractivity contribution < 1.29 is 19.1 Å². The summed E-state index contributed by atoms with van der Waals surface area (Å²) in [5.74, 6) is 1.66. The summed E-state index contributed by atoms with van der Waals surface area (Å²) in [5.41, 5.74) is 6.83. The second-order valence-corrected chi connectivity index (χ2v) is 7.80. The van der Waals surface area contributed by atoms with E-state index >= 15 is 0 Å². The van der Waals surface area contributed by atoms with Gasteiger partial charge in [0, 0.05) is 16.9 Å². The quantitative estimate of drug-likeness (QED) is 0.603. The molecule has 2 rings (SSSR count). The summed E-state index contributed by atoms with van der Waals surface area (Å²) in [7, 11) is 1.52. The van der Waals surface area contributed by atoms with Crippen LogP contribution in [-0.2, 0) is 5.75 Å². The number of hydrogen-bond donors (Lipinski definition) is 2. The molecular formula is C22H28N2O4S. The first kappa shape index (κ1) is 22.6. The van der Waals surface area contributed by atoms with Crippen molar-refractivity contribution in [2.75, 3.05) is 20.0 Å². The maximum absolute atomic E-state index is 12.4. The van der Waals surface area contributed by atoms with Gasteiger partial charge in [0.15, 0.2) is 11.5 Å². The molecule has 0 radical (unpaired) electrons. The molecule has 0 saturated carbocycles. The first-order valence-electron chi connectivity index (χ1n) is 9.44. The Morgan fingerprint density at radius 1 is 0.966 bits per heavy atom. The van der Waals surface area contributed by atoms with Gasteiger partial charge < -0.3 is 9.47 Å². The van der Waals surface area contributed by atoms with Crippen molar-refractivity contribution in [3.05, 3.63) is 59.2 Å². The van der Waals surface area contributed by atoms with Crippen molar-refractivity contribution in [3.8, 4) is 11.5 Å². The first-order valence-corrected chi connectivity index (χ1v) is 10.8. The van der Waals surface area contributed by atoms with Crippen LogP contribution in [0, 0.1) is 5.92 Å². The van der Waals surface area contributed by atoms with E-state index in [-0.39, 0.29) is 5.91 Å². The zero-order chi connectivity index (χ0) is 21.2. The Morgan fingerprint density at radius 2 is 1.59 bits per heavy atom. The number of thioether (sulfide) groups is 1. The highest BCUT2D eigenvalue weighted by Crippen LogP contribution is 2.28. The molecule has 2 amide bonds. The smallest absolute Gasteiger partial charge is 0.269 e. The second-order valence-electron chi connectivity index (χ2n) is 6.93. The van der Waals surface area contributed by atoms with Crippen molar-refractivity contribution in [3.63, 3.8) is 0 Å². The van der Waals surface area contributed by atoms with Crippen LogP contribution in [0.25, 0.3) is 0 Å². The fraction of sp³-hybridized carbons (Fsp3) is 0.364. The summed E-state index contributed by atoms with van der Waals surface area (Å²) < 4.78 is 11.1. The second kappa shape index (κ2) is 11.4. The fourth-order valence-corrected chi connectivity index (χ4v) is 3.04. The van der Waals surface area contributed by atoms with Gasteiger partial charge >= 0.3 is 0 Å². The predicted octanol–water partition coefficient (Wildman–Crippen LogP) is 4.06. The molecule has 0 atom stereocenters. The Bertz CT molecular complexity index is 822. The largest absolute Gasteiger partial charge is 0.493 e. The third-order valence-electron chi connectivity index (χ3n) is 4.20. The number of carbonyl (C=O) groups is 2. The standard InChI is InChI=1S/C22H28N2O4S/c1-15(2)11-12-28-19-10-9-18(13-20(19)27-3)22(26)24-23-21(25)17-7-5-16(6-8-17)14-29-4/h5-10,13,15H,11-12,14H2,1-4H3,(H,23,25)(H,24,26). The molecular weight excluding hydrogens is 388 g/mol. The number of ether oxygens (including phenoxy) is 2. The molecule has 0 saturated heterocycles. The molecule has 29 heavy (non-hydrogen) atoms. The van der Waals surface area contributed by atoms with Gasteiger partial charge in [0.05, 0.1) is 13.7 Å². The summed E-state index contributed by atoms with van der Waals surface area (Å²) in [6.07, 6.45) is 2.95. The number of carbonyl (C=O) groups excluding carboxylic acids is 2. The summed E-state index contributed by atoms with van der Waals surface area (Å²) >= 11 is 1.71. The van der Waals surface area contributed by atoms with Crippen LogP contribution in [-0.4, -0.2) is 31.8 Å². The zero-order valence-electron chi connectivity index (χ0n) is 17.3. The molecule has 6 nitrogen and oxygen atoms in total. The third-order valence-corrected chi connectivity index (χ3v) is 4.82. The molecule has 0 aliphatic rings. The van der Waals surface area contributed by atoms with E-state index in [1.807, 2.05) is 18.4 Å². The van der Waals surface area contributed by atoms with E-state index in [1.165, 1.54) is 7.11 Å². The van der Waals surface area contributed by atoms with Crippen LogP contribution in [0.15, 0.2) is 42.5 Å². The van der Waals surface area contributed by atoms with Gasteiger partial charge in [-0.1, -0.05) is 26.0 Å². The van der Waals surface area contributed by atoms with Crippen LogP contribution in [0.5, 0.6) is 11.5 Å². The van der Waals surface area contributed by atoms with Crippen molar-refractivity contribution in [1.29, 1.82) is 0 Å². The van der Waals surface area contributed by atoms with E-state index in [2.05, 4.69) is 24.7 Å². The minimum absolute atomic E-state index is 0.355. The first-order chi connectivity index (χ1) is 13.9. The number of nitrogens with one attached hydrogen (secondary N) is 2. The number of hydrazine groups is 1. The van der Waals surface area contributed by atoms with Crippen molar-refractivity contribution in [2.45, 2.75) is 26.0 Å². The van der Waals surface area contributed by atoms with E-state index in [1.54, 1.807) is 42.1 Å². The maximum atomic E-state index is 12.4. The highest BCUT2D eigenvalue weighted by Gasteiger charge is 2.13. The molecule has 0 fully saturated rings. The zero-order valence-corrected chi connectivity index (χ0v) is 18.1. The molecule has 0 aliphatic carbocycles. The van der Waals surface area contributed by atoms with E-state index in [9.17, 15) is 9.59 Å². The molecule has 0 heterocycles. The van der Waals surface area contributed by atoms with Gasteiger partial charge in [0.25, 0.3) is 11.8 Å². The summed E-state index contributed by atoms with van der Waals surface area (Å²) in [4.78, 5) is 24.6. The van der Waals surface area contributed by atoms with Crippen LogP contribution < -0.4 is 20.3 Å². The Labute approximate surface area is 176 Å². The lowest BCUT2D eigenvalue weighted by atomic mass is 10.1. The Balaban J connectivity index is 1.94. The van der Waals surface area contributed by atoms with Crippen LogP contribution in [0.2, 0.25) is 0 Å². The number of methoxy groups -OCH3 is 1. The fourth-order valence-electron chi connectivity index (χ4n) is 2.51. The van der Waals surface area contributed by atoms with Crippen LogP contribution >= 0.6 is 11.8 Å². The monoisotopic (exact) mass is 416 g/mol. The molecule has 2 N–H and O–H groups in total. The SMILES string of the molecule is COc1cc(C(=O)NNC(=O)c2ccc(CSC)cc2)ccc1OCCC(C)C. The Hall–Kier alpha value is -2.67. The lowest BCUT2D eigenvalue weighted by molar-refractivity contribution is 0.0846. The van der Waals surface area contributed by atoms with Gasteiger partial charge in [-0.15, -0.1) is 0 Å². The minimum Gasteiger partial charge on any atom is -0.493 e. The molecule has 156 valence electrons. The normalized spacial score (nSPS) is 10.5. The average Bonchev–Trinajstić information content (AvgIpc) is 2.72. The molecule has 0 unspecified atom stereocenters. The van der Waals surface area contributed by atoms with Crippen LogP contribution in [0.4, 0.5) is 0 Å². The van der Waals surface area contributed by atoms with E-state index < -0.39 is 5.91 Å². The van der Waals surface area contributed by atoms with Crippen molar-refractivity contribution in [1.82, 2.24) is 10.9 Å². The molecule has 7 heteroatoms. The molecule has 0 aromatic heterocycles. The van der Waals surface area contributed by atoms with E-state index in [4.69, 9.17) is 9.47 Å². The highest BCUT2D eigenvalue weighted by molar-refractivity contribution is 7.97. The predicted molar refractivity (Wildman–Crippen MR) is 117 cm³/mol. The number of amides is 2. The molecule has 2 aromatic rings. The van der Waals surface area contributed by atoms with Crippen LogP contribution in [0.3, 0.4) is 0 Å². The summed E-state index contributed by atoms with van der Waals surface area (Å²) in [5, 5.41) is 0. The van der Waals surface area contributed by atoms with Gasteiger partial charge in [-0.2, -0.15) is 11.8 Å². The minimum atomic E-state index is -0.440. The van der Waals surface area contributed by atoms with Gasteiger partial charge in [-0.25, -0.2) is 0 Å². The number of rotatable bonds is 9. The number of hydrogen-bond acceptors (Lipinski definition) is 5. The van der Waals surface area contributed by atoms with E-state index in [0.29, 0.717) is 35.2 Å². The molecule has 0 bridgehead atoms. The van der Waals surface area contributed by atoms with Crippen molar-refractivity contribution >= 4 is 23.6 Å². The number of benzene rings is 2. The topological polar surface area (TPSA) is 76.7 Å². The maximum Gasteiger partial charge on any atom is 0.269 e.